The van der Waals surface area contributed by atoms with Gasteiger partial charge in [-0.05, 0) is 42.0 Å². The minimum Gasteiger partial charge on any atom is -0.467 e. The van der Waals surface area contributed by atoms with Gasteiger partial charge in [-0.1, -0.05) is 18.2 Å². The zero-order chi connectivity index (χ0) is 22.2. The van der Waals surface area contributed by atoms with Crippen LogP contribution in [0.25, 0.3) is 0 Å². The number of carbonyl (C=O) groups is 1. The molecule has 0 atom stereocenters. The maximum Gasteiger partial charge on any atom is 0.251 e. The quantitative estimate of drug-likeness (QED) is 0.460. The lowest BCUT2D eigenvalue weighted by atomic mass is 10.1. The highest BCUT2D eigenvalue weighted by Crippen LogP contribution is 2.13. The third-order valence-electron chi connectivity index (χ3n) is 5.41. The highest BCUT2D eigenvalue weighted by molar-refractivity contribution is 5.94. The Morgan fingerprint density at radius 3 is 2.62 bits per heavy atom. The number of furan rings is 1. The fourth-order valence-electron chi connectivity index (χ4n) is 3.71. The van der Waals surface area contributed by atoms with Gasteiger partial charge < -0.3 is 24.9 Å². The van der Waals surface area contributed by atoms with E-state index in [9.17, 15) is 4.79 Å². The predicted octanol–water partition coefficient (Wildman–Crippen LogP) is 2.50. The molecule has 1 aliphatic rings. The van der Waals surface area contributed by atoms with Gasteiger partial charge in [-0.3, -0.25) is 9.79 Å². The van der Waals surface area contributed by atoms with E-state index in [2.05, 4.69) is 30.4 Å². The van der Waals surface area contributed by atoms with Crippen molar-refractivity contribution in [2.24, 2.45) is 4.99 Å². The number of benzene rings is 1. The number of carbonyl (C=O) groups excluding carboxylic acids is 1. The van der Waals surface area contributed by atoms with Crippen molar-refractivity contribution in [2.45, 2.75) is 13.1 Å². The molecule has 3 aromatic rings. The minimum atomic E-state index is -0.127. The standard InChI is InChI=1S/C24H28N6O2/c1-25-24(30-13-11-29(12-14-30)22-9-2-3-10-26-22)28-17-19-6-4-7-20(16-19)23(31)27-18-21-8-5-15-32-21/h2-10,15-16H,11-14,17-18H2,1H3,(H,25,28)(H,27,31). The van der Waals surface area contributed by atoms with Crippen LogP contribution in [0.5, 0.6) is 0 Å². The van der Waals surface area contributed by atoms with E-state index in [-0.39, 0.29) is 5.91 Å². The predicted molar refractivity (Wildman–Crippen MR) is 125 cm³/mol. The summed E-state index contributed by atoms with van der Waals surface area (Å²) in [5.41, 5.74) is 1.64. The second kappa shape index (κ2) is 10.5. The summed E-state index contributed by atoms with van der Waals surface area (Å²) in [4.78, 5) is 25.9. The first-order valence-electron chi connectivity index (χ1n) is 10.7. The van der Waals surface area contributed by atoms with Crippen molar-refractivity contribution in [1.29, 1.82) is 0 Å². The maximum atomic E-state index is 12.5. The number of anilines is 1. The van der Waals surface area contributed by atoms with Gasteiger partial charge in [-0.2, -0.15) is 0 Å². The van der Waals surface area contributed by atoms with Crippen LogP contribution >= 0.6 is 0 Å². The first-order chi connectivity index (χ1) is 15.7. The Kier molecular flexibility index (Phi) is 7.01. The van der Waals surface area contributed by atoms with Gasteiger partial charge in [0.25, 0.3) is 5.91 Å². The average Bonchev–Trinajstić information content (AvgIpc) is 3.38. The molecule has 0 radical (unpaired) electrons. The summed E-state index contributed by atoms with van der Waals surface area (Å²) in [6, 6.07) is 17.2. The van der Waals surface area contributed by atoms with Crippen LogP contribution in [0.15, 0.2) is 76.5 Å². The van der Waals surface area contributed by atoms with Crippen molar-refractivity contribution in [3.63, 3.8) is 0 Å². The van der Waals surface area contributed by atoms with Crippen molar-refractivity contribution >= 4 is 17.7 Å². The number of guanidine groups is 1. The number of hydrogen-bond donors (Lipinski definition) is 2. The Balaban J connectivity index is 1.29. The van der Waals surface area contributed by atoms with E-state index in [0.717, 1.165) is 49.3 Å². The van der Waals surface area contributed by atoms with E-state index in [1.807, 2.05) is 54.7 Å². The molecule has 32 heavy (non-hydrogen) atoms. The number of pyridine rings is 1. The Morgan fingerprint density at radius 2 is 1.91 bits per heavy atom. The lowest BCUT2D eigenvalue weighted by molar-refractivity contribution is 0.0948. The lowest BCUT2D eigenvalue weighted by Gasteiger charge is -2.37. The van der Waals surface area contributed by atoms with E-state index in [0.29, 0.717) is 18.7 Å². The lowest BCUT2D eigenvalue weighted by Crippen LogP contribution is -2.52. The fourth-order valence-corrected chi connectivity index (χ4v) is 3.71. The Bertz CT molecular complexity index is 1030. The molecular formula is C24H28N6O2. The molecule has 1 aromatic carbocycles. The molecule has 166 valence electrons. The highest BCUT2D eigenvalue weighted by atomic mass is 16.3. The summed E-state index contributed by atoms with van der Waals surface area (Å²) in [5.74, 6) is 2.47. The number of nitrogens with zero attached hydrogens (tertiary/aromatic N) is 4. The van der Waals surface area contributed by atoms with Crippen LogP contribution in [-0.2, 0) is 13.1 Å². The van der Waals surface area contributed by atoms with Gasteiger partial charge in [0.1, 0.15) is 11.6 Å². The molecule has 0 saturated carbocycles. The maximum absolute atomic E-state index is 12.5. The van der Waals surface area contributed by atoms with Crippen LogP contribution in [0, 0.1) is 0 Å². The van der Waals surface area contributed by atoms with Crippen LogP contribution in [0.4, 0.5) is 5.82 Å². The van der Waals surface area contributed by atoms with E-state index >= 15 is 0 Å². The Labute approximate surface area is 188 Å². The molecule has 2 N–H and O–H groups in total. The van der Waals surface area contributed by atoms with Crippen LogP contribution < -0.4 is 15.5 Å². The molecule has 0 bridgehead atoms. The van der Waals surface area contributed by atoms with Gasteiger partial charge in [-0.15, -0.1) is 0 Å². The van der Waals surface area contributed by atoms with Crippen molar-refractivity contribution in [1.82, 2.24) is 20.5 Å². The number of piperazine rings is 1. The monoisotopic (exact) mass is 432 g/mol. The first-order valence-corrected chi connectivity index (χ1v) is 10.7. The first kappa shape index (κ1) is 21.4. The fraction of sp³-hybridized carbons (Fsp3) is 0.292. The molecule has 8 heteroatoms. The van der Waals surface area contributed by atoms with E-state index in [1.165, 1.54) is 0 Å². The topological polar surface area (TPSA) is 86.0 Å². The van der Waals surface area contributed by atoms with Gasteiger partial charge >= 0.3 is 0 Å². The van der Waals surface area contributed by atoms with Crippen LogP contribution in [0.1, 0.15) is 21.7 Å². The van der Waals surface area contributed by atoms with Crippen LogP contribution in [0.2, 0.25) is 0 Å². The number of hydrogen-bond acceptors (Lipinski definition) is 5. The number of rotatable bonds is 6. The van der Waals surface area contributed by atoms with E-state index < -0.39 is 0 Å². The molecule has 1 aliphatic heterocycles. The van der Waals surface area contributed by atoms with Crippen LogP contribution in [-0.4, -0.2) is 55.0 Å². The number of amides is 1. The molecule has 0 unspecified atom stereocenters. The van der Waals surface area contributed by atoms with E-state index in [1.54, 1.807) is 19.4 Å². The normalized spacial score (nSPS) is 14.3. The Morgan fingerprint density at radius 1 is 1.03 bits per heavy atom. The minimum absolute atomic E-state index is 0.127. The summed E-state index contributed by atoms with van der Waals surface area (Å²) in [6.45, 7) is 4.47. The highest BCUT2D eigenvalue weighted by Gasteiger charge is 2.20. The molecule has 1 saturated heterocycles. The van der Waals surface area contributed by atoms with Gasteiger partial charge in [0.2, 0.25) is 0 Å². The summed E-state index contributed by atoms with van der Waals surface area (Å²) < 4.78 is 5.26. The van der Waals surface area contributed by atoms with Crippen molar-refractivity contribution in [2.75, 3.05) is 38.1 Å². The molecule has 0 spiro atoms. The third kappa shape index (κ3) is 5.46. The number of aromatic nitrogens is 1. The molecule has 8 nitrogen and oxygen atoms in total. The van der Waals surface area contributed by atoms with Crippen molar-refractivity contribution in [3.05, 3.63) is 83.9 Å². The average molecular weight is 433 g/mol. The van der Waals surface area contributed by atoms with Gasteiger partial charge in [-0.25, -0.2) is 4.98 Å². The summed E-state index contributed by atoms with van der Waals surface area (Å²) in [6.07, 6.45) is 3.42. The second-order valence-electron chi connectivity index (χ2n) is 7.53. The van der Waals surface area contributed by atoms with Gasteiger partial charge in [0.15, 0.2) is 5.96 Å². The molecule has 0 aliphatic carbocycles. The Hall–Kier alpha value is -3.81. The van der Waals surface area contributed by atoms with Gasteiger partial charge in [0.05, 0.1) is 12.8 Å². The van der Waals surface area contributed by atoms with E-state index in [4.69, 9.17) is 4.42 Å². The summed E-state index contributed by atoms with van der Waals surface area (Å²) >= 11 is 0. The molecule has 3 heterocycles. The zero-order valence-corrected chi connectivity index (χ0v) is 18.2. The molecule has 1 amide bonds. The number of aliphatic imine (C=N–C) groups is 1. The van der Waals surface area contributed by atoms with Gasteiger partial charge in [0, 0.05) is 51.5 Å². The summed E-state index contributed by atoms with van der Waals surface area (Å²) in [5, 5.41) is 6.30. The summed E-state index contributed by atoms with van der Waals surface area (Å²) in [7, 11) is 1.80. The third-order valence-corrected chi connectivity index (χ3v) is 5.41. The molecular weight excluding hydrogens is 404 g/mol. The van der Waals surface area contributed by atoms with Crippen LogP contribution in [0.3, 0.4) is 0 Å². The zero-order valence-electron chi connectivity index (χ0n) is 18.2. The molecule has 4 rings (SSSR count). The number of nitrogens with one attached hydrogen (secondary N) is 2. The SMILES string of the molecule is CN=C(NCc1cccc(C(=O)NCc2ccco2)c1)N1CCN(c2ccccn2)CC1. The smallest absolute Gasteiger partial charge is 0.251 e. The second-order valence-corrected chi connectivity index (χ2v) is 7.53. The largest absolute Gasteiger partial charge is 0.467 e. The van der Waals surface area contributed by atoms with Crippen molar-refractivity contribution in [3.8, 4) is 0 Å². The molecule has 1 fully saturated rings. The van der Waals surface area contributed by atoms with Crippen molar-refractivity contribution < 1.29 is 9.21 Å². The molecule has 2 aromatic heterocycles.